The first-order chi connectivity index (χ1) is 18.4. The number of nitrogens with zero attached hydrogens (tertiary/aromatic N) is 1. The third kappa shape index (κ3) is 3.40. The molecule has 0 bridgehead atoms. The van der Waals surface area contributed by atoms with Gasteiger partial charge in [-0.1, -0.05) is 20.6 Å². The molecule has 1 N–H and O–H groups in total. The molecule has 0 radical (unpaired) electrons. The number of ether oxygens (including phenoxy) is 2. The van der Waals surface area contributed by atoms with Gasteiger partial charge in [-0.25, -0.2) is 0 Å². The second-order valence-corrected chi connectivity index (χ2v) is 5.79. The molecule has 0 aliphatic carbocycles. The third-order valence-corrected chi connectivity index (χ3v) is 3.77. The zero-order chi connectivity index (χ0) is 33.1. The molecule has 1 saturated heterocycles. The topological polar surface area (TPSA) is 41.9 Å². The Labute approximate surface area is 171 Å². The highest BCUT2D eigenvalue weighted by atomic mass is 16.5. The Kier molecular flexibility index (Phi) is 1.61. The van der Waals surface area contributed by atoms with Crippen molar-refractivity contribution in [2.75, 3.05) is 27.2 Å². The van der Waals surface area contributed by atoms with Crippen LogP contribution in [0.5, 0.6) is 11.5 Å². The molecule has 4 heteroatoms. The maximum Gasteiger partial charge on any atom is 0.161 e. The average Bonchev–Trinajstić information content (AvgIpc) is 2.79. The second kappa shape index (κ2) is 6.57. The molecular weight excluding hydrogens is 302 g/mol. The highest BCUT2D eigenvalue weighted by Crippen LogP contribution is 2.44. The van der Waals surface area contributed by atoms with Crippen LogP contribution in [0.2, 0.25) is 0 Å². The lowest BCUT2D eigenvalue weighted by Gasteiger charge is -2.47. The first kappa shape index (κ1) is 5.88. The van der Waals surface area contributed by atoms with Crippen LogP contribution in [0.3, 0.4) is 0 Å². The van der Waals surface area contributed by atoms with E-state index in [0.717, 1.165) is 12.0 Å². The Hall–Kier alpha value is -1.26. The lowest BCUT2D eigenvalue weighted by atomic mass is 9.75. The maximum atomic E-state index is 11.5. The zero-order valence-electron chi connectivity index (χ0n) is 31.3. The predicted octanol–water partition coefficient (Wildman–Crippen LogP) is 3.42. The van der Waals surface area contributed by atoms with Gasteiger partial charge in [0.2, 0.25) is 0 Å². The zero-order valence-corrected chi connectivity index (χ0v) is 13.3. The van der Waals surface area contributed by atoms with E-state index in [2.05, 4.69) is 0 Å². The van der Waals surface area contributed by atoms with Crippen molar-refractivity contribution in [2.45, 2.75) is 51.9 Å². The molecule has 134 valence electrons. The van der Waals surface area contributed by atoms with Crippen molar-refractivity contribution in [3.05, 3.63) is 23.2 Å². The molecule has 3 rings (SSSR count). The predicted molar refractivity (Wildman–Crippen MR) is 95.7 cm³/mol. The third-order valence-electron chi connectivity index (χ3n) is 3.77. The van der Waals surface area contributed by atoms with Crippen LogP contribution in [0.15, 0.2) is 12.1 Å². The summed E-state index contributed by atoms with van der Waals surface area (Å²) in [4.78, 5) is 0.756. The average molecular weight is 352 g/mol. The van der Waals surface area contributed by atoms with Crippen molar-refractivity contribution in [3.63, 3.8) is 0 Å². The van der Waals surface area contributed by atoms with Crippen molar-refractivity contribution in [2.24, 2.45) is 11.3 Å². The molecule has 3 atom stereocenters. The fraction of sp³-hybridized carbons (Fsp3) is 0.700. The van der Waals surface area contributed by atoms with E-state index in [1.807, 2.05) is 0 Å². The van der Waals surface area contributed by atoms with Crippen LogP contribution in [-0.4, -0.2) is 43.3 Å². The summed E-state index contributed by atoms with van der Waals surface area (Å²) in [6.07, 6.45) is -12.0. The Morgan fingerprint density at radius 3 is 3.00 bits per heavy atom. The Morgan fingerprint density at radius 2 is 2.29 bits per heavy atom. The van der Waals surface area contributed by atoms with Gasteiger partial charge in [0.15, 0.2) is 11.5 Å². The first-order valence-corrected chi connectivity index (χ1v) is 7.31. The summed E-state index contributed by atoms with van der Waals surface area (Å²) in [5.74, 6) is -4.96. The molecule has 3 unspecified atom stereocenters. The maximum absolute atomic E-state index is 11.5. The molecule has 24 heavy (non-hydrogen) atoms. The Morgan fingerprint density at radius 1 is 1.50 bits per heavy atom. The number of hydrogen-bond donors (Lipinski definition) is 1. The lowest BCUT2D eigenvalue weighted by Crippen LogP contribution is -2.48. The van der Waals surface area contributed by atoms with Crippen LogP contribution in [0.4, 0.5) is 0 Å². The number of hydrogen-bond acceptors (Lipinski definition) is 4. The van der Waals surface area contributed by atoms with Gasteiger partial charge in [0.25, 0.3) is 0 Å². The fourth-order valence-electron chi connectivity index (χ4n) is 2.78. The van der Waals surface area contributed by atoms with Crippen molar-refractivity contribution >= 4 is 0 Å². The number of methoxy groups -OCH3 is 2. The summed E-state index contributed by atoms with van der Waals surface area (Å²) < 4.78 is 159. The molecule has 1 aromatic carbocycles. The summed E-state index contributed by atoms with van der Waals surface area (Å²) in [5.41, 5.74) is -4.35. The van der Waals surface area contributed by atoms with Crippen LogP contribution < -0.4 is 9.47 Å². The molecule has 2 aliphatic rings. The largest absolute Gasteiger partial charge is 0.493 e. The number of fused-ring (bicyclic) bond motifs is 3. The molecule has 4 nitrogen and oxygen atoms in total. The van der Waals surface area contributed by atoms with E-state index in [1.165, 1.54) is 0 Å². The van der Waals surface area contributed by atoms with Gasteiger partial charge in [-0.2, -0.15) is 0 Å². The normalized spacial score (nSPS) is 51.8. The van der Waals surface area contributed by atoms with Gasteiger partial charge < -0.3 is 14.6 Å². The molecule has 1 aromatic rings. The molecule has 0 saturated carbocycles. The lowest BCUT2D eigenvalue weighted by molar-refractivity contribution is -0.0259. The highest BCUT2D eigenvalue weighted by Gasteiger charge is 2.39. The van der Waals surface area contributed by atoms with E-state index in [9.17, 15) is 6.48 Å². The van der Waals surface area contributed by atoms with Gasteiger partial charge in [0.1, 0.15) is 0 Å². The van der Waals surface area contributed by atoms with E-state index in [4.69, 9.17) is 32.8 Å². The van der Waals surface area contributed by atoms with Gasteiger partial charge in [-0.3, -0.25) is 4.90 Å². The highest BCUT2D eigenvalue weighted by molar-refractivity contribution is 5.49. The molecule has 2 aliphatic heterocycles. The van der Waals surface area contributed by atoms with Gasteiger partial charge in [0, 0.05) is 34.2 Å². The van der Waals surface area contributed by atoms with E-state index >= 15 is 0 Å². The summed E-state index contributed by atoms with van der Waals surface area (Å²) in [6.45, 7) is -8.53. The van der Waals surface area contributed by atoms with Gasteiger partial charge in [-0.15, -0.1) is 0 Å². The monoisotopic (exact) mass is 351 g/mol. The van der Waals surface area contributed by atoms with Gasteiger partial charge in [-0.05, 0) is 53.7 Å². The van der Waals surface area contributed by atoms with Crippen LogP contribution in [0.25, 0.3) is 0 Å². The fourth-order valence-corrected chi connectivity index (χ4v) is 2.78. The van der Waals surface area contributed by atoms with E-state index in [-0.39, 0.29) is 12.0 Å². The first-order valence-electron chi connectivity index (χ1n) is 16.3. The molecular formula is C20H31NO3. The van der Waals surface area contributed by atoms with Crippen molar-refractivity contribution < 1.29 is 39.3 Å². The Balaban J connectivity index is 2.41. The summed E-state index contributed by atoms with van der Waals surface area (Å²) >= 11 is 0. The molecule has 0 amide bonds. The summed E-state index contributed by atoms with van der Waals surface area (Å²) in [5, 5.41) is 11.5. The summed E-state index contributed by atoms with van der Waals surface area (Å²) in [6, 6.07) is -4.60. The Bertz CT molecular complexity index is 1240. The molecule has 0 aromatic heterocycles. The van der Waals surface area contributed by atoms with Crippen LogP contribution in [-0.2, 0) is 6.42 Å². The van der Waals surface area contributed by atoms with Crippen LogP contribution in [0, 0.1) is 11.3 Å². The minimum absolute atomic E-state index is 0.198. The number of benzene rings is 1. The van der Waals surface area contributed by atoms with Crippen LogP contribution >= 0.6 is 0 Å². The number of rotatable bonds is 3. The summed E-state index contributed by atoms with van der Waals surface area (Å²) in [7, 11) is -2.14. The molecule has 0 spiro atoms. The van der Waals surface area contributed by atoms with Gasteiger partial charge >= 0.3 is 0 Å². The second-order valence-electron chi connectivity index (χ2n) is 5.79. The smallest absolute Gasteiger partial charge is 0.161 e. The van der Waals surface area contributed by atoms with Crippen molar-refractivity contribution in [1.29, 1.82) is 0 Å². The number of aliphatic hydroxyl groups is 1. The quantitative estimate of drug-likeness (QED) is 0.906. The number of piperidine rings is 1. The van der Waals surface area contributed by atoms with Crippen molar-refractivity contribution in [1.82, 2.24) is 4.90 Å². The van der Waals surface area contributed by atoms with E-state index in [1.54, 1.807) is 0 Å². The van der Waals surface area contributed by atoms with Crippen molar-refractivity contribution in [3.8, 4) is 11.5 Å². The minimum Gasteiger partial charge on any atom is -0.493 e. The van der Waals surface area contributed by atoms with Gasteiger partial charge in [0.05, 0.1) is 29.8 Å². The van der Waals surface area contributed by atoms with E-state index < -0.39 is 99.1 Å². The SMILES string of the molecule is [2H]c1c2c(c([2H])c(OC([2H])([2H])[2H])c1OC)C1([2H])N(CC2)CC([2H])(C([2H])([2H])C(C)(C([2H])([2H])[2H])C([2H])([2H])[2H])C([2H])(O)C1([2H])[2H]. The standard InChI is InChI=1S/C20H31NO3/c1-20(2,3)11-14-12-21-7-6-13-8-18(23-4)19(24-5)9-15(13)16(21)10-17(14)22/h8-9,14,16-17,22H,6-7,10-12H2,1-5H3/i1D3,2D3,5D3,8D,9D,10D2,11D2,14D,16D,17D. The molecule has 1 fully saturated rings. The minimum atomic E-state index is -4.08. The van der Waals surface area contributed by atoms with Crippen LogP contribution in [0.1, 0.15) is 75.2 Å². The van der Waals surface area contributed by atoms with E-state index in [0.29, 0.717) is 6.92 Å². The molecule has 2 heterocycles.